The smallest absolute Gasteiger partial charge is 0.246 e. The lowest BCUT2D eigenvalue weighted by Gasteiger charge is -2.33. The molecule has 1 aromatic heterocycles. The highest BCUT2D eigenvalue weighted by Gasteiger charge is 2.29. The summed E-state index contributed by atoms with van der Waals surface area (Å²) in [4.78, 5) is 14.8. The molecular weight excluding hydrogens is 460 g/mol. The second kappa shape index (κ2) is 10.2. The van der Waals surface area contributed by atoms with Crippen LogP contribution in [0.5, 0.6) is 0 Å². The van der Waals surface area contributed by atoms with Crippen molar-refractivity contribution in [2.75, 3.05) is 26.2 Å². The molecule has 2 heterocycles. The second-order valence-electron chi connectivity index (χ2n) is 9.10. The Morgan fingerprint density at radius 1 is 0.886 bits per heavy atom. The van der Waals surface area contributed by atoms with Crippen LogP contribution in [-0.4, -0.2) is 59.5 Å². The Kier molecular flexibility index (Phi) is 7.23. The first-order valence-corrected chi connectivity index (χ1v) is 13.2. The van der Waals surface area contributed by atoms with Gasteiger partial charge in [-0.2, -0.15) is 9.40 Å². The number of aromatic nitrogens is 2. The fourth-order valence-corrected chi connectivity index (χ4v) is 5.66. The molecule has 0 atom stereocenters. The number of hydrogen-bond acceptors (Lipinski definition) is 4. The summed E-state index contributed by atoms with van der Waals surface area (Å²) in [5.41, 5.74) is 6.21. The van der Waals surface area contributed by atoms with E-state index in [0.29, 0.717) is 19.6 Å². The molecule has 184 valence electrons. The molecule has 4 rings (SSSR count). The van der Waals surface area contributed by atoms with Crippen LogP contribution < -0.4 is 0 Å². The third kappa shape index (κ3) is 5.55. The van der Waals surface area contributed by atoms with Gasteiger partial charge in [-0.05, 0) is 51.5 Å². The molecule has 8 heteroatoms. The lowest BCUT2D eigenvalue weighted by atomic mass is 10.1. The number of piperazine rings is 1. The molecule has 1 fully saturated rings. The van der Waals surface area contributed by atoms with Gasteiger partial charge >= 0.3 is 0 Å². The van der Waals surface area contributed by atoms with Gasteiger partial charge in [0.05, 0.1) is 17.1 Å². The van der Waals surface area contributed by atoms with Gasteiger partial charge in [-0.15, -0.1) is 0 Å². The van der Waals surface area contributed by atoms with Gasteiger partial charge in [-0.3, -0.25) is 9.48 Å². The SMILES string of the molecule is Cc1ccc(Cn2nc(C)c(/C=C/C(=O)N3CCN(S(=O)(=O)c4ccc(C)cc4)CC3)c2C)cc1. The standard InChI is InChI=1S/C27H32N4O3S/c1-20-5-9-24(10-6-20)19-31-23(4)26(22(3)28-31)13-14-27(32)29-15-17-30(18-16-29)35(33,34)25-11-7-21(2)8-12-25/h5-14H,15-19H2,1-4H3/b14-13+. The Bertz CT molecular complexity index is 1330. The minimum atomic E-state index is -3.55. The van der Waals surface area contributed by atoms with Gasteiger partial charge in [0.2, 0.25) is 15.9 Å². The number of nitrogens with zero attached hydrogens (tertiary/aromatic N) is 4. The van der Waals surface area contributed by atoms with Gasteiger partial charge in [-0.1, -0.05) is 47.5 Å². The maximum absolute atomic E-state index is 12.9. The molecule has 1 aliphatic rings. The molecule has 0 aliphatic carbocycles. The lowest BCUT2D eigenvalue weighted by molar-refractivity contribution is -0.127. The third-order valence-corrected chi connectivity index (χ3v) is 8.40. The van der Waals surface area contributed by atoms with Gasteiger partial charge in [0.15, 0.2) is 0 Å². The highest BCUT2D eigenvalue weighted by atomic mass is 32.2. The fourth-order valence-electron chi connectivity index (χ4n) is 4.24. The number of rotatable bonds is 6. The van der Waals surface area contributed by atoms with E-state index >= 15 is 0 Å². The number of carbonyl (C=O) groups is 1. The number of sulfonamides is 1. The summed E-state index contributed by atoms with van der Waals surface area (Å²) in [6, 6.07) is 15.2. The van der Waals surface area contributed by atoms with Crippen molar-refractivity contribution in [2.45, 2.75) is 39.1 Å². The van der Waals surface area contributed by atoms with Gasteiger partial charge in [0.25, 0.3) is 0 Å². The van der Waals surface area contributed by atoms with Gasteiger partial charge in [-0.25, -0.2) is 8.42 Å². The molecule has 1 aliphatic heterocycles. The molecule has 0 radical (unpaired) electrons. The Labute approximate surface area is 207 Å². The summed E-state index contributed by atoms with van der Waals surface area (Å²) in [5, 5.41) is 4.66. The summed E-state index contributed by atoms with van der Waals surface area (Å²) in [5.74, 6) is -0.123. The molecule has 7 nitrogen and oxygen atoms in total. The van der Waals surface area contributed by atoms with Crippen molar-refractivity contribution < 1.29 is 13.2 Å². The average Bonchev–Trinajstić information content (AvgIpc) is 3.11. The number of hydrogen-bond donors (Lipinski definition) is 0. The number of amides is 1. The van der Waals surface area contributed by atoms with E-state index in [0.717, 1.165) is 22.5 Å². The Morgan fingerprint density at radius 2 is 1.46 bits per heavy atom. The zero-order valence-electron chi connectivity index (χ0n) is 20.7. The van der Waals surface area contributed by atoms with Crippen molar-refractivity contribution in [3.05, 3.63) is 88.2 Å². The normalized spacial score (nSPS) is 15.1. The van der Waals surface area contributed by atoms with Crippen LogP contribution in [0.2, 0.25) is 0 Å². The molecule has 0 unspecified atom stereocenters. The number of benzene rings is 2. The first kappa shape index (κ1) is 24.9. The molecule has 0 N–H and O–H groups in total. The molecule has 35 heavy (non-hydrogen) atoms. The molecule has 0 bridgehead atoms. The maximum atomic E-state index is 12.9. The van der Waals surface area contributed by atoms with Gasteiger partial charge in [0.1, 0.15) is 0 Å². The van der Waals surface area contributed by atoms with Crippen LogP contribution in [0.15, 0.2) is 59.5 Å². The largest absolute Gasteiger partial charge is 0.337 e. The second-order valence-corrected chi connectivity index (χ2v) is 11.0. The van der Waals surface area contributed by atoms with Crippen LogP contribution in [0, 0.1) is 27.7 Å². The average molecular weight is 493 g/mol. The highest BCUT2D eigenvalue weighted by molar-refractivity contribution is 7.89. The van der Waals surface area contributed by atoms with Crippen molar-refractivity contribution in [1.29, 1.82) is 0 Å². The molecule has 2 aromatic carbocycles. The van der Waals surface area contributed by atoms with Crippen molar-refractivity contribution >= 4 is 22.0 Å². The van der Waals surface area contributed by atoms with Crippen LogP contribution in [0.3, 0.4) is 0 Å². The zero-order valence-corrected chi connectivity index (χ0v) is 21.5. The van der Waals surface area contributed by atoms with Crippen molar-refractivity contribution in [3.63, 3.8) is 0 Å². The van der Waals surface area contributed by atoms with Gasteiger partial charge < -0.3 is 4.90 Å². The molecule has 0 spiro atoms. The van der Waals surface area contributed by atoms with Crippen molar-refractivity contribution in [3.8, 4) is 0 Å². The first-order valence-electron chi connectivity index (χ1n) is 11.8. The van der Waals surface area contributed by atoms with E-state index in [1.165, 1.54) is 15.4 Å². The van der Waals surface area contributed by atoms with E-state index in [1.54, 1.807) is 35.2 Å². The Hall–Kier alpha value is -3.23. The van der Waals surface area contributed by atoms with Crippen molar-refractivity contribution in [1.82, 2.24) is 19.0 Å². The van der Waals surface area contributed by atoms with Crippen LogP contribution in [0.4, 0.5) is 0 Å². The first-order chi connectivity index (χ1) is 16.6. The quantitative estimate of drug-likeness (QED) is 0.492. The minimum absolute atomic E-state index is 0.123. The van der Waals surface area contributed by atoms with E-state index in [9.17, 15) is 13.2 Å². The Morgan fingerprint density at radius 3 is 2.06 bits per heavy atom. The van der Waals surface area contributed by atoms with E-state index in [-0.39, 0.29) is 23.9 Å². The highest BCUT2D eigenvalue weighted by Crippen LogP contribution is 2.20. The fraction of sp³-hybridized carbons (Fsp3) is 0.333. The van der Waals surface area contributed by atoms with E-state index in [1.807, 2.05) is 31.5 Å². The summed E-state index contributed by atoms with van der Waals surface area (Å²) in [6.07, 6.45) is 3.39. The van der Waals surface area contributed by atoms with Crippen LogP contribution >= 0.6 is 0 Å². The minimum Gasteiger partial charge on any atom is -0.337 e. The topological polar surface area (TPSA) is 75.5 Å². The molecule has 1 amide bonds. The number of aryl methyl sites for hydroxylation is 3. The van der Waals surface area contributed by atoms with E-state index < -0.39 is 10.0 Å². The predicted molar refractivity (Wildman–Crippen MR) is 138 cm³/mol. The monoisotopic (exact) mass is 492 g/mol. The van der Waals surface area contributed by atoms with E-state index in [4.69, 9.17) is 0 Å². The Balaban J connectivity index is 1.39. The lowest BCUT2D eigenvalue weighted by Crippen LogP contribution is -2.50. The van der Waals surface area contributed by atoms with Gasteiger partial charge in [0, 0.05) is 43.5 Å². The summed E-state index contributed by atoms with van der Waals surface area (Å²) < 4.78 is 29.2. The van der Waals surface area contributed by atoms with Crippen LogP contribution in [-0.2, 0) is 21.4 Å². The van der Waals surface area contributed by atoms with Crippen molar-refractivity contribution in [2.24, 2.45) is 0 Å². The number of carbonyl (C=O) groups excluding carboxylic acids is 1. The molecule has 1 saturated heterocycles. The summed E-state index contributed by atoms with van der Waals surface area (Å²) in [6.45, 7) is 9.89. The van der Waals surface area contributed by atoms with Crippen LogP contribution in [0.25, 0.3) is 6.08 Å². The molecule has 3 aromatic rings. The van der Waals surface area contributed by atoms with Crippen LogP contribution in [0.1, 0.15) is 33.6 Å². The summed E-state index contributed by atoms with van der Waals surface area (Å²) in [7, 11) is -3.55. The maximum Gasteiger partial charge on any atom is 0.246 e. The predicted octanol–water partition coefficient (Wildman–Crippen LogP) is 3.71. The molecule has 0 saturated carbocycles. The molecular formula is C27H32N4O3S. The summed E-state index contributed by atoms with van der Waals surface area (Å²) >= 11 is 0. The third-order valence-electron chi connectivity index (χ3n) is 6.49. The zero-order chi connectivity index (χ0) is 25.2. The van der Waals surface area contributed by atoms with E-state index in [2.05, 4.69) is 36.3 Å².